The molecule has 1 saturated heterocycles. The van der Waals surface area contributed by atoms with Gasteiger partial charge in [-0.3, -0.25) is 14.5 Å². The normalized spacial score (nSPS) is 16.0. The highest BCUT2D eigenvalue weighted by molar-refractivity contribution is 8.00. The maximum Gasteiger partial charge on any atom is 0.301 e. The van der Waals surface area contributed by atoms with E-state index in [0.717, 1.165) is 11.1 Å². The lowest BCUT2D eigenvalue weighted by molar-refractivity contribution is -0.132. The first-order valence-corrected chi connectivity index (χ1v) is 16.3. The number of hydrogen-bond donors (Lipinski definition) is 1. The van der Waals surface area contributed by atoms with Gasteiger partial charge in [-0.15, -0.1) is 10.2 Å². The van der Waals surface area contributed by atoms with Gasteiger partial charge in [-0.25, -0.2) is 4.98 Å². The van der Waals surface area contributed by atoms with Gasteiger partial charge in [0.2, 0.25) is 5.13 Å². The van der Waals surface area contributed by atoms with Gasteiger partial charge in [-0.2, -0.15) is 0 Å². The van der Waals surface area contributed by atoms with E-state index in [2.05, 4.69) is 10.2 Å². The molecule has 1 amide bonds. The summed E-state index contributed by atoms with van der Waals surface area (Å²) in [5.74, 6) is -0.195. The smallest absolute Gasteiger partial charge is 0.301 e. The molecule has 1 atom stereocenters. The zero-order valence-corrected chi connectivity index (χ0v) is 26.5. The molecule has 11 heteroatoms. The Kier molecular flexibility index (Phi) is 7.85. The summed E-state index contributed by atoms with van der Waals surface area (Å²) in [6, 6.07) is 29.2. The molecule has 1 aliphatic heterocycles. The number of aryl methyl sites for hydroxylation is 2. The zero-order chi connectivity index (χ0) is 31.8. The molecular formula is C35H27N5O4S2. The number of fused-ring (bicyclic) bond motifs is 1. The Morgan fingerprint density at radius 3 is 2.41 bits per heavy atom. The molecule has 0 saturated carbocycles. The summed E-state index contributed by atoms with van der Waals surface area (Å²) in [5.41, 5.74) is 4.01. The minimum atomic E-state index is -1.01. The third-order valence-electron chi connectivity index (χ3n) is 7.71. The van der Waals surface area contributed by atoms with Crippen molar-refractivity contribution in [2.75, 3.05) is 4.90 Å². The third kappa shape index (κ3) is 5.44. The molecule has 6 aromatic rings. The molecule has 0 spiro atoms. The fourth-order valence-electron chi connectivity index (χ4n) is 5.47. The summed E-state index contributed by atoms with van der Waals surface area (Å²) >= 11 is 2.71. The van der Waals surface area contributed by atoms with E-state index in [1.54, 1.807) is 24.3 Å². The maximum atomic E-state index is 13.9. The van der Waals surface area contributed by atoms with Crippen LogP contribution < -0.4 is 9.64 Å². The van der Waals surface area contributed by atoms with E-state index in [-0.39, 0.29) is 22.2 Å². The number of benzene rings is 3. The van der Waals surface area contributed by atoms with Gasteiger partial charge in [0.05, 0.1) is 17.3 Å². The van der Waals surface area contributed by atoms with Crippen LogP contribution in [-0.2, 0) is 15.3 Å². The Labute approximate surface area is 272 Å². The number of ketones is 1. The molecular weight excluding hydrogens is 619 g/mol. The van der Waals surface area contributed by atoms with E-state index in [1.807, 2.05) is 97.2 Å². The van der Waals surface area contributed by atoms with Crippen LogP contribution in [0.4, 0.5) is 5.13 Å². The van der Waals surface area contributed by atoms with E-state index in [1.165, 1.54) is 28.0 Å². The average molecular weight is 646 g/mol. The number of Topliss-reactive ketones (excluding diaryl/α,β-unsaturated/α-hetero) is 1. The van der Waals surface area contributed by atoms with E-state index >= 15 is 0 Å². The number of amides is 1. The Morgan fingerprint density at radius 2 is 1.65 bits per heavy atom. The number of carbonyl (C=O) groups excluding carboxylic acids is 2. The van der Waals surface area contributed by atoms with Crippen molar-refractivity contribution in [2.45, 2.75) is 30.0 Å². The Bertz CT molecular complexity index is 2130. The molecule has 0 radical (unpaired) electrons. The fraction of sp³-hybridized carbons (Fsp3) is 0.114. The molecule has 228 valence electrons. The van der Waals surface area contributed by atoms with Crippen molar-refractivity contribution in [1.82, 2.24) is 19.6 Å². The lowest BCUT2D eigenvalue weighted by atomic mass is 9.96. The predicted octanol–water partition coefficient (Wildman–Crippen LogP) is 7.51. The number of para-hydroxylation sites is 1. The van der Waals surface area contributed by atoms with E-state index < -0.39 is 17.7 Å². The number of pyridine rings is 1. The summed E-state index contributed by atoms with van der Waals surface area (Å²) in [6.07, 6.45) is 1.85. The number of anilines is 1. The van der Waals surface area contributed by atoms with Crippen LogP contribution in [0.1, 0.15) is 34.1 Å². The van der Waals surface area contributed by atoms with Crippen LogP contribution in [0.2, 0.25) is 0 Å². The number of rotatable bonds is 8. The van der Waals surface area contributed by atoms with E-state index in [4.69, 9.17) is 9.72 Å². The summed E-state index contributed by atoms with van der Waals surface area (Å²) in [6.45, 7) is 3.74. The molecule has 1 aliphatic rings. The van der Waals surface area contributed by atoms with Crippen LogP contribution in [0.5, 0.6) is 11.5 Å². The average Bonchev–Trinajstić information content (AvgIpc) is 3.76. The van der Waals surface area contributed by atoms with Gasteiger partial charge in [0.15, 0.2) is 10.1 Å². The lowest BCUT2D eigenvalue weighted by Gasteiger charge is -2.23. The topological polar surface area (TPSA) is 110 Å². The number of ether oxygens (including phenoxy) is 1. The zero-order valence-electron chi connectivity index (χ0n) is 24.8. The first-order valence-electron chi connectivity index (χ1n) is 14.5. The number of hydrogen-bond acceptors (Lipinski definition) is 9. The van der Waals surface area contributed by atoms with Crippen LogP contribution in [0, 0.1) is 13.8 Å². The van der Waals surface area contributed by atoms with Crippen LogP contribution >= 0.6 is 23.1 Å². The van der Waals surface area contributed by atoms with Gasteiger partial charge in [0.25, 0.3) is 5.78 Å². The monoisotopic (exact) mass is 645 g/mol. The molecule has 1 fully saturated rings. The van der Waals surface area contributed by atoms with Gasteiger partial charge in [0, 0.05) is 11.9 Å². The Balaban J connectivity index is 1.33. The molecule has 3 aromatic carbocycles. The minimum absolute atomic E-state index is 0.0836. The second-order valence-corrected chi connectivity index (χ2v) is 12.9. The first kappa shape index (κ1) is 29.5. The summed E-state index contributed by atoms with van der Waals surface area (Å²) in [5, 5.41) is 20.7. The SMILES string of the molecule is Cc1cccn2c(C)c(C(O)=C3C(=O)C(=O)N(c4nnc(SCc5ccccc5)s4)C3c3cccc(Oc4ccccc4)c3)nc12. The molecule has 7 rings (SSSR count). The number of thioether (sulfide) groups is 1. The van der Waals surface area contributed by atoms with Crippen molar-refractivity contribution in [2.24, 2.45) is 0 Å². The second-order valence-electron chi connectivity index (χ2n) is 10.7. The van der Waals surface area contributed by atoms with Gasteiger partial charge < -0.3 is 14.2 Å². The summed E-state index contributed by atoms with van der Waals surface area (Å²) in [7, 11) is 0. The lowest BCUT2D eigenvalue weighted by Crippen LogP contribution is -2.29. The first-order chi connectivity index (χ1) is 22.4. The molecule has 1 N–H and O–H groups in total. The highest BCUT2D eigenvalue weighted by Gasteiger charge is 2.49. The van der Waals surface area contributed by atoms with Crippen molar-refractivity contribution < 1.29 is 19.4 Å². The molecule has 3 aromatic heterocycles. The largest absolute Gasteiger partial charge is 0.505 e. The summed E-state index contributed by atoms with van der Waals surface area (Å²) in [4.78, 5) is 33.7. The molecule has 4 heterocycles. The number of imidazole rings is 1. The fourth-order valence-corrected chi connectivity index (χ4v) is 7.29. The van der Waals surface area contributed by atoms with Gasteiger partial charge in [0.1, 0.15) is 22.8 Å². The number of carbonyl (C=O) groups is 2. The van der Waals surface area contributed by atoms with Crippen molar-refractivity contribution in [1.29, 1.82) is 0 Å². The molecule has 0 bridgehead atoms. The van der Waals surface area contributed by atoms with Crippen LogP contribution in [-0.4, -0.2) is 36.4 Å². The number of nitrogens with zero attached hydrogens (tertiary/aromatic N) is 5. The van der Waals surface area contributed by atoms with Crippen molar-refractivity contribution in [3.63, 3.8) is 0 Å². The highest BCUT2D eigenvalue weighted by atomic mass is 32.2. The van der Waals surface area contributed by atoms with Crippen LogP contribution in [0.3, 0.4) is 0 Å². The molecule has 46 heavy (non-hydrogen) atoms. The summed E-state index contributed by atoms with van der Waals surface area (Å²) < 4.78 is 8.59. The standard InChI is InChI=1S/C35H27N5O4S2/c1-21-11-10-18-39-22(2)28(36-32(21)39)30(41)27-29(24-14-9-17-26(19-24)44-25-15-7-4-8-16-25)40(33(43)31(27)42)34-37-38-35(46-34)45-20-23-12-5-3-6-13-23/h3-19,29,41H,20H2,1-2H3. The minimum Gasteiger partial charge on any atom is -0.505 e. The maximum absolute atomic E-state index is 13.9. The Hall–Kier alpha value is -5.26. The molecule has 1 unspecified atom stereocenters. The third-order valence-corrected chi connectivity index (χ3v) is 9.84. The van der Waals surface area contributed by atoms with Gasteiger partial charge in [-0.1, -0.05) is 89.8 Å². The number of aliphatic hydroxyl groups is 1. The van der Waals surface area contributed by atoms with E-state index in [9.17, 15) is 14.7 Å². The second kappa shape index (κ2) is 12.3. The van der Waals surface area contributed by atoms with Crippen LogP contribution in [0.15, 0.2) is 113 Å². The van der Waals surface area contributed by atoms with Crippen molar-refractivity contribution in [3.8, 4) is 11.5 Å². The van der Waals surface area contributed by atoms with E-state index in [0.29, 0.717) is 38.5 Å². The Morgan fingerprint density at radius 1 is 0.913 bits per heavy atom. The highest BCUT2D eigenvalue weighted by Crippen LogP contribution is 2.45. The van der Waals surface area contributed by atoms with Gasteiger partial charge in [-0.05, 0) is 60.9 Å². The van der Waals surface area contributed by atoms with Gasteiger partial charge >= 0.3 is 5.91 Å². The van der Waals surface area contributed by atoms with Crippen molar-refractivity contribution in [3.05, 3.63) is 137 Å². The molecule has 9 nitrogen and oxygen atoms in total. The van der Waals surface area contributed by atoms with Crippen LogP contribution in [0.25, 0.3) is 11.4 Å². The predicted molar refractivity (Wildman–Crippen MR) is 178 cm³/mol. The number of aliphatic hydroxyl groups excluding tert-OH is 1. The quantitative estimate of drug-likeness (QED) is 0.0595. The van der Waals surface area contributed by atoms with Crippen molar-refractivity contribution >= 4 is 51.3 Å². The number of aromatic nitrogens is 4. The molecule has 0 aliphatic carbocycles.